The molecule has 1 saturated heterocycles. The molecule has 1 fully saturated rings. The number of nitrogens with zero attached hydrogens (tertiary/aromatic N) is 1. The van der Waals surface area contributed by atoms with Crippen LogP contribution in [0.3, 0.4) is 0 Å². The summed E-state index contributed by atoms with van der Waals surface area (Å²) in [6.45, 7) is 11.3. The van der Waals surface area contributed by atoms with Crippen molar-refractivity contribution < 1.29 is 28.7 Å². The fourth-order valence-corrected chi connectivity index (χ4v) is 4.29. The Balaban J connectivity index is 1.91. The monoisotopic (exact) mass is 464 g/mol. The minimum atomic E-state index is -2.01. The molecule has 0 aliphatic carbocycles. The van der Waals surface area contributed by atoms with Crippen LogP contribution in [-0.2, 0) is 25.4 Å². The van der Waals surface area contributed by atoms with Gasteiger partial charge in [-0.2, -0.15) is 0 Å². The molecule has 0 aromatic heterocycles. The smallest absolute Gasteiger partial charge is 0.410 e. The number of carbonyl (C=O) groups excluding carboxylic acids is 2. The van der Waals surface area contributed by atoms with E-state index in [1.807, 2.05) is 30.3 Å². The third kappa shape index (κ3) is 7.06. The zero-order valence-electron chi connectivity index (χ0n) is 19.7. The van der Waals surface area contributed by atoms with Crippen LogP contribution in [-0.4, -0.2) is 61.5 Å². The van der Waals surface area contributed by atoms with E-state index in [0.29, 0.717) is 19.4 Å². The molecule has 0 radical (unpaired) electrons. The number of hydrogen-bond donors (Lipinski definition) is 2. The molecule has 2 N–H and O–H groups in total. The van der Waals surface area contributed by atoms with Gasteiger partial charge < -0.3 is 19.6 Å². The zero-order chi connectivity index (χ0) is 23.9. The van der Waals surface area contributed by atoms with E-state index in [1.54, 1.807) is 0 Å². The van der Waals surface area contributed by atoms with Crippen molar-refractivity contribution in [3.05, 3.63) is 35.9 Å². The minimum Gasteiger partial charge on any atom is -0.480 e. The second-order valence-electron chi connectivity index (χ2n) is 9.69. The number of carbonyl (C=O) groups is 3. The Bertz CT molecular complexity index is 793. The van der Waals surface area contributed by atoms with Crippen molar-refractivity contribution in [2.24, 2.45) is 0 Å². The molecule has 1 aromatic rings. The Hall–Kier alpha value is -2.39. The second kappa shape index (κ2) is 11.0. The fraction of sp³-hybridized carbons (Fsp3) is 0.609. The number of carboxylic acids is 1. The molecule has 2 rings (SSSR count). The van der Waals surface area contributed by atoms with Gasteiger partial charge in [-0.15, -0.1) is 0 Å². The van der Waals surface area contributed by atoms with Crippen LogP contribution < -0.4 is 5.32 Å². The number of benzene rings is 1. The molecule has 9 heteroatoms. The van der Waals surface area contributed by atoms with Crippen LogP contribution in [0.2, 0.25) is 18.1 Å². The van der Waals surface area contributed by atoms with E-state index >= 15 is 0 Å². The van der Waals surface area contributed by atoms with Crippen molar-refractivity contribution in [2.45, 2.75) is 76.9 Å². The maximum absolute atomic E-state index is 12.8. The van der Waals surface area contributed by atoms with E-state index in [-0.39, 0.29) is 24.7 Å². The highest BCUT2D eigenvalue weighted by Gasteiger charge is 2.39. The highest BCUT2D eigenvalue weighted by Crippen LogP contribution is 2.36. The lowest BCUT2D eigenvalue weighted by molar-refractivity contribution is -0.142. The molecular weight excluding hydrogens is 428 g/mol. The quantitative estimate of drug-likeness (QED) is 0.539. The number of aliphatic carboxylic acids is 1. The highest BCUT2D eigenvalue weighted by molar-refractivity contribution is 6.74. The molecule has 0 bridgehead atoms. The lowest BCUT2D eigenvalue weighted by atomic mass is 10.1. The average Bonchev–Trinajstić information content (AvgIpc) is 3.21. The molecule has 0 spiro atoms. The van der Waals surface area contributed by atoms with Gasteiger partial charge >= 0.3 is 12.1 Å². The zero-order valence-corrected chi connectivity index (χ0v) is 20.7. The SMILES string of the molecule is CC(C)(C)[Si](C)(C)OCC[C@H](NC(=O)[C@H]1CCCN1C(=O)OCc1ccccc1)C(=O)O. The van der Waals surface area contributed by atoms with Crippen LogP contribution in [0.15, 0.2) is 30.3 Å². The first-order chi connectivity index (χ1) is 14.9. The minimum absolute atomic E-state index is 0.0133. The van der Waals surface area contributed by atoms with Gasteiger partial charge in [-0.3, -0.25) is 9.69 Å². The summed E-state index contributed by atoms with van der Waals surface area (Å²) >= 11 is 0. The van der Waals surface area contributed by atoms with Gasteiger partial charge in [-0.1, -0.05) is 51.1 Å². The Morgan fingerprint density at radius 2 is 1.88 bits per heavy atom. The van der Waals surface area contributed by atoms with Crippen molar-refractivity contribution in [1.29, 1.82) is 0 Å². The molecular formula is C23H36N2O6Si. The van der Waals surface area contributed by atoms with E-state index in [2.05, 4.69) is 39.2 Å². The number of hydrogen-bond acceptors (Lipinski definition) is 5. The van der Waals surface area contributed by atoms with Gasteiger partial charge in [0.1, 0.15) is 18.7 Å². The standard InChI is InChI=1S/C23H36N2O6Si/c1-23(2,3)32(4,5)31-15-13-18(21(27)28)24-20(26)19-12-9-14-25(19)22(29)30-16-17-10-7-6-8-11-17/h6-8,10-11,18-19H,9,12-16H2,1-5H3,(H,24,26)(H,27,28)/t18-,19+/m0/s1. The predicted molar refractivity (Wildman–Crippen MR) is 124 cm³/mol. The molecule has 0 saturated carbocycles. The van der Waals surface area contributed by atoms with Gasteiger partial charge in [0.2, 0.25) is 5.91 Å². The summed E-state index contributed by atoms with van der Waals surface area (Å²) in [5.74, 6) is -1.59. The van der Waals surface area contributed by atoms with Crippen molar-refractivity contribution in [1.82, 2.24) is 10.2 Å². The first-order valence-electron chi connectivity index (χ1n) is 11.1. The summed E-state index contributed by atoms with van der Waals surface area (Å²) in [6.07, 6.45) is 0.724. The summed E-state index contributed by atoms with van der Waals surface area (Å²) in [5.41, 5.74) is 0.855. The predicted octanol–water partition coefficient (Wildman–Crippen LogP) is 3.77. The van der Waals surface area contributed by atoms with Crippen molar-refractivity contribution >= 4 is 26.3 Å². The Kier molecular flexibility index (Phi) is 8.86. The van der Waals surface area contributed by atoms with Gasteiger partial charge in [0.25, 0.3) is 0 Å². The molecule has 32 heavy (non-hydrogen) atoms. The second-order valence-corrected chi connectivity index (χ2v) is 14.5. The first kappa shape index (κ1) is 25.9. The van der Waals surface area contributed by atoms with Crippen LogP contribution in [0.25, 0.3) is 0 Å². The molecule has 2 atom stereocenters. The Morgan fingerprint density at radius 1 is 1.22 bits per heavy atom. The lowest BCUT2D eigenvalue weighted by Crippen LogP contribution is -2.51. The van der Waals surface area contributed by atoms with Crippen LogP contribution >= 0.6 is 0 Å². The summed E-state index contributed by atoms with van der Waals surface area (Å²) in [4.78, 5) is 38.4. The van der Waals surface area contributed by atoms with Gasteiger partial charge in [-0.25, -0.2) is 9.59 Å². The van der Waals surface area contributed by atoms with Gasteiger partial charge in [0.15, 0.2) is 8.32 Å². The molecule has 1 aliphatic rings. The number of ether oxygens (including phenoxy) is 1. The number of nitrogens with one attached hydrogen (secondary N) is 1. The van der Waals surface area contributed by atoms with Gasteiger partial charge in [0, 0.05) is 19.6 Å². The third-order valence-electron chi connectivity index (χ3n) is 6.29. The van der Waals surface area contributed by atoms with E-state index in [0.717, 1.165) is 5.56 Å². The maximum Gasteiger partial charge on any atom is 0.410 e. The average molecular weight is 465 g/mol. The lowest BCUT2D eigenvalue weighted by Gasteiger charge is -2.36. The molecule has 1 heterocycles. The third-order valence-corrected chi connectivity index (χ3v) is 10.8. The summed E-state index contributed by atoms with van der Waals surface area (Å²) in [7, 11) is -2.01. The van der Waals surface area contributed by atoms with Crippen LogP contribution in [0, 0.1) is 0 Å². The van der Waals surface area contributed by atoms with E-state index in [4.69, 9.17) is 9.16 Å². The molecule has 178 valence electrons. The van der Waals surface area contributed by atoms with Crippen LogP contribution in [0.1, 0.15) is 45.6 Å². The van der Waals surface area contributed by atoms with E-state index < -0.39 is 38.4 Å². The highest BCUT2D eigenvalue weighted by atomic mass is 28.4. The summed E-state index contributed by atoms with van der Waals surface area (Å²) in [5, 5.41) is 12.2. The topological polar surface area (TPSA) is 105 Å². The molecule has 1 aromatic carbocycles. The largest absolute Gasteiger partial charge is 0.480 e. The molecule has 2 amide bonds. The van der Waals surface area contributed by atoms with Crippen molar-refractivity contribution in [3.8, 4) is 0 Å². The molecule has 1 aliphatic heterocycles. The number of amides is 2. The Labute approximate surface area is 191 Å². The van der Waals surface area contributed by atoms with Crippen molar-refractivity contribution in [3.63, 3.8) is 0 Å². The maximum atomic E-state index is 12.8. The van der Waals surface area contributed by atoms with Gasteiger partial charge in [-0.05, 0) is 36.5 Å². The van der Waals surface area contributed by atoms with Crippen molar-refractivity contribution in [2.75, 3.05) is 13.2 Å². The summed E-state index contributed by atoms with van der Waals surface area (Å²) in [6, 6.07) is 7.49. The van der Waals surface area contributed by atoms with E-state index in [1.165, 1.54) is 4.90 Å². The van der Waals surface area contributed by atoms with Gasteiger partial charge in [0.05, 0.1) is 0 Å². The Morgan fingerprint density at radius 3 is 2.47 bits per heavy atom. The number of carboxylic acid groups (broad SMARTS) is 1. The number of likely N-dealkylation sites (tertiary alicyclic amines) is 1. The van der Waals surface area contributed by atoms with Crippen LogP contribution in [0.5, 0.6) is 0 Å². The first-order valence-corrected chi connectivity index (χ1v) is 14.0. The van der Waals surface area contributed by atoms with E-state index in [9.17, 15) is 19.5 Å². The fourth-order valence-electron chi connectivity index (χ4n) is 3.23. The summed E-state index contributed by atoms with van der Waals surface area (Å²) < 4.78 is 11.4. The normalized spacial score (nSPS) is 17.7. The van der Waals surface area contributed by atoms with Crippen LogP contribution in [0.4, 0.5) is 4.79 Å². The number of rotatable bonds is 9. The molecule has 0 unspecified atom stereocenters. The molecule has 8 nitrogen and oxygen atoms in total.